The normalized spacial score (nSPS) is 15.5. The number of ether oxygens (including phenoxy) is 1. The number of hydrogen-bond donors (Lipinski definition) is 1. The van der Waals surface area contributed by atoms with Crippen LogP contribution in [0.1, 0.15) is 15.9 Å². The Hall–Kier alpha value is -2.40. The number of hydrogen-bond acceptors (Lipinski definition) is 6. The van der Waals surface area contributed by atoms with Gasteiger partial charge in [-0.2, -0.15) is 4.31 Å². The van der Waals surface area contributed by atoms with Gasteiger partial charge in [-0.15, -0.1) is 0 Å². The third-order valence-corrected chi connectivity index (χ3v) is 7.46. The molecule has 1 N–H and O–H groups in total. The SMILES string of the molecule is Cc1ccc(S(=O)(=O)N2CCOCC2)cc1C(=O)Nc1nc2ccc(F)cc2s1. The number of anilines is 1. The van der Waals surface area contributed by atoms with Crippen molar-refractivity contribution < 1.29 is 22.3 Å². The Balaban J connectivity index is 1.61. The van der Waals surface area contributed by atoms with E-state index < -0.39 is 15.9 Å². The van der Waals surface area contributed by atoms with E-state index in [0.717, 1.165) is 11.3 Å². The van der Waals surface area contributed by atoms with Crippen molar-refractivity contribution in [2.24, 2.45) is 0 Å². The Labute approximate surface area is 171 Å². The van der Waals surface area contributed by atoms with Crippen LogP contribution in [0.15, 0.2) is 41.3 Å². The van der Waals surface area contributed by atoms with E-state index in [1.807, 2.05) is 0 Å². The van der Waals surface area contributed by atoms with Crippen LogP contribution < -0.4 is 5.32 Å². The lowest BCUT2D eigenvalue weighted by molar-refractivity contribution is 0.0730. The molecule has 2 heterocycles. The van der Waals surface area contributed by atoms with Gasteiger partial charge in [-0.3, -0.25) is 10.1 Å². The Morgan fingerprint density at radius 2 is 1.97 bits per heavy atom. The second-order valence-corrected chi connectivity index (χ2v) is 9.55. The minimum Gasteiger partial charge on any atom is -0.379 e. The van der Waals surface area contributed by atoms with Gasteiger partial charge in [-0.25, -0.2) is 17.8 Å². The van der Waals surface area contributed by atoms with E-state index in [1.54, 1.807) is 13.0 Å². The molecule has 0 saturated carbocycles. The van der Waals surface area contributed by atoms with Crippen LogP contribution in [0.4, 0.5) is 9.52 Å². The number of aryl methyl sites for hydroxylation is 1. The van der Waals surface area contributed by atoms with Crippen molar-refractivity contribution in [3.63, 3.8) is 0 Å². The standard InChI is InChI=1S/C19H18FN3O4S2/c1-12-2-4-14(29(25,26)23-6-8-27-9-7-23)11-15(12)18(24)22-19-21-16-5-3-13(20)10-17(16)28-19/h2-5,10-11H,6-9H2,1H3,(H,21,22,24). The number of fused-ring (bicyclic) bond motifs is 1. The molecule has 29 heavy (non-hydrogen) atoms. The highest BCUT2D eigenvalue weighted by molar-refractivity contribution is 7.89. The Kier molecular flexibility index (Phi) is 5.34. The van der Waals surface area contributed by atoms with Crippen molar-refractivity contribution in [1.29, 1.82) is 0 Å². The second-order valence-electron chi connectivity index (χ2n) is 6.58. The monoisotopic (exact) mass is 435 g/mol. The van der Waals surface area contributed by atoms with Crippen molar-refractivity contribution in [2.45, 2.75) is 11.8 Å². The van der Waals surface area contributed by atoms with Crippen molar-refractivity contribution >= 4 is 42.6 Å². The lowest BCUT2D eigenvalue weighted by Crippen LogP contribution is -2.40. The van der Waals surface area contributed by atoms with Crippen molar-refractivity contribution in [3.8, 4) is 0 Å². The van der Waals surface area contributed by atoms with E-state index in [4.69, 9.17) is 4.74 Å². The fourth-order valence-electron chi connectivity index (χ4n) is 3.06. The van der Waals surface area contributed by atoms with E-state index in [-0.39, 0.29) is 29.4 Å². The summed E-state index contributed by atoms with van der Waals surface area (Å²) in [5, 5.41) is 3.00. The first-order chi connectivity index (χ1) is 13.8. The highest BCUT2D eigenvalue weighted by Crippen LogP contribution is 2.27. The van der Waals surface area contributed by atoms with Crippen LogP contribution in [0.3, 0.4) is 0 Å². The number of nitrogens with one attached hydrogen (secondary N) is 1. The molecule has 152 valence electrons. The first-order valence-electron chi connectivity index (χ1n) is 8.90. The predicted octanol–water partition coefficient (Wildman–Crippen LogP) is 3.02. The number of halogens is 1. The summed E-state index contributed by atoms with van der Waals surface area (Å²) in [7, 11) is -3.71. The molecule has 0 unspecified atom stereocenters. The Morgan fingerprint density at radius 1 is 1.21 bits per heavy atom. The van der Waals surface area contributed by atoms with Crippen LogP contribution in [0, 0.1) is 12.7 Å². The largest absolute Gasteiger partial charge is 0.379 e. The molecule has 2 aromatic carbocycles. The molecule has 7 nitrogen and oxygen atoms in total. The number of thiazole rings is 1. The Bertz CT molecular complexity index is 1190. The van der Waals surface area contributed by atoms with Gasteiger partial charge in [0, 0.05) is 18.7 Å². The van der Waals surface area contributed by atoms with Gasteiger partial charge in [0.15, 0.2) is 5.13 Å². The maximum Gasteiger partial charge on any atom is 0.257 e. The zero-order chi connectivity index (χ0) is 20.6. The molecular weight excluding hydrogens is 417 g/mol. The van der Waals surface area contributed by atoms with Crippen molar-refractivity contribution in [2.75, 3.05) is 31.6 Å². The predicted molar refractivity (Wildman–Crippen MR) is 108 cm³/mol. The number of carbonyl (C=O) groups is 1. The first-order valence-corrected chi connectivity index (χ1v) is 11.2. The number of benzene rings is 2. The summed E-state index contributed by atoms with van der Waals surface area (Å²) >= 11 is 1.15. The zero-order valence-electron chi connectivity index (χ0n) is 15.5. The fraction of sp³-hybridized carbons (Fsp3) is 0.263. The lowest BCUT2D eigenvalue weighted by Gasteiger charge is -2.26. The van der Waals surface area contributed by atoms with Crippen LogP contribution >= 0.6 is 11.3 Å². The number of carbonyl (C=O) groups excluding carboxylic acids is 1. The zero-order valence-corrected chi connectivity index (χ0v) is 17.1. The summed E-state index contributed by atoms with van der Waals surface area (Å²) in [5.41, 5.74) is 1.45. The van der Waals surface area contributed by atoms with Gasteiger partial charge in [0.1, 0.15) is 5.82 Å². The van der Waals surface area contributed by atoms with Gasteiger partial charge in [0.2, 0.25) is 10.0 Å². The highest BCUT2D eigenvalue weighted by atomic mass is 32.2. The average Bonchev–Trinajstić information content (AvgIpc) is 3.10. The number of amides is 1. The van der Waals surface area contributed by atoms with E-state index >= 15 is 0 Å². The molecule has 10 heteroatoms. The number of aromatic nitrogens is 1. The minimum atomic E-state index is -3.71. The highest BCUT2D eigenvalue weighted by Gasteiger charge is 2.27. The van der Waals surface area contributed by atoms with E-state index in [9.17, 15) is 17.6 Å². The molecule has 4 rings (SSSR count). The van der Waals surface area contributed by atoms with E-state index in [2.05, 4.69) is 10.3 Å². The molecule has 0 radical (unpaired) electrons. The third kappa shape index (κ3) is 4.01. The molecule has 0 spiro atoms. The summed E-state index contributed by atoms with van der Waals surface area (Å²) < 4.78 is 46.3. The molecule has 1 aliphatic heterocycles. The fourth-order valence-corrected chi connectivity index (χ4v) is 5.38. The Morgan fingerprint density at radius 3 is 2.72 bits per heavy atom. The van der Waals surface area contributed by atoms with E-state index in [1.165, 1.54) is 34.6 Å². The topological polar surface area (TPSA) is 88.6 Å². The molecule has 0 aliphatic carbocycles. The summed E-state index contributed by atoms with van der Waals surface area (Å²) in [6.45, 7) is 2.97. The molecule has 1 amide bonds. The quantitative estimate of drug-likeness (QED) is 0.681. The van der Waals surface area contributed by atoms with Crippen molar-refractivity contribution in [3.05, 3.63) is 53.3 Å². The van der Waals surface area contributed by atoms with Gasteiger partial charge >= 0.3 is 0 Å². The molecular formula is C19H18FN3O4S2. The number of sulfonamides is 1. The van der Waals surface area contributed by atoms with Crippen LogP contribution in [-0.2, 0) is 14.8 Å². The number of rotatable bonds is 4. The number of nitrogens with zero attached hydrogens (tertiary/aromatic N) is 2. The van der Waals surface area contributed by atoms with Gasteiger partial charge in [0.05, 0.1) is 28.3 Å². The van der Waals surface area contributed by atoms with Crippen LogP contribution in [0.5, 0.6) is 0 Å². The summed E-state index contributed by atoms with van der Waals surface area (Å²) in [6, 6.07) is 8.68. The first kappa shape index (κ1) is 19.9. The maximum absolute atomic E-state index is 13.4. The summed E-state index contributed by atoms with van der Waals surface area (Å²) in [6.07, 6.45) is 0. The van der Waals surface area contributed by atoms with Gasteiger partial charge in [-0.05, 0) is 42.8 Å². The van der Waals surface area contributed by atoms with Crippen molar-refractivity contribution in [1.82, 2.24) is 9.29 Å². The molecule has 0 bridgehead atoms. The van der Waals surface area contributed by atoms with Crippen LogP contribution in [0.25, 0.3) is 10.2 Å². The summed E-state index contributed by atoms with van der Waals surface area (Å²) in [5.74, 6) is -0.850. The van der Waals surface area contributed by atoms with E-state index in [0.29, 0.717) is 34.1 Å². The molecule has 0 atom stereocenters. The van der Waals surface area contributed by atoms with Gasteiger partial charge in [0.25, 0.3) is 5.91 Å². The van der Waals surface area contributed by atoms with Crippen LogP contribution in [-0.4, -0.2) is 49.9 Å². The van der Waals surface area contributed by atoms with Gasteiger partial charge < -0.3 is 4.74 Å². The van der Waals surface area contributed by atoms with Crippen LogP contribution in [0.2, 0.25) is 0 Å². The average molecular weight is 436 g/mol. The smallest absolute Gasteiger partial charge is 0.257 e. The maximum atomic E-state index is 13.4. The third-order valence-electron chi connectivity index (χ3n) is 4.63. The number of morpholine rings is 1. The molecule has 1 saturated heterocycles. The minimum absolute atomic E-state index is 0.0570. The molecule has 3 aromatic rings. The lowest BCUT2D eigenvalue weighted by atomic mass is 10.1. The van der Waals surface area contributed by atoms with Gasteiger partial charge in [-0.1, -0.05) is 17.4 Å². The molecule has 1 aromatic heterocycles. The summed E-state index contributed by atoms with van der Waals surface area (Å²) in [4.78, 5) is 17.1. The molecule has 1 aliphatic rings. The molecule has 1 fully saturated rings. The second kappa shape index (κ2) is 7.79.